The summed E-state index contributed by atoms with van der Waals surface area (Å²) in [5, 5.41) is 2.63. The van der Waals surface area contributed by atoms with E-state index in [1.165, 1.54) is 4.90 Å². The molecular formula is C20H28N2O6. The Balaban J connectivity index is 1.78. The van der Waals surface area contributed by atoms with Crippen LogP contribution in [0.25, 0.3) is 0 Å². The first-order valence-corrected chi connectivity index (χ1v) is 9.59. The maximum absolute atomic E-state index is 12.2. The number of rotatable bonds is 10. The molecule has 8 heteroatoms. The highest BCUT2D eigenvalue weighted by Crippen LogP contribution is 2.17. The average Bonchev–Trinajstić information content (AvgIpc) is 3.22. The molecule has 2 amide bonds. The van der Waals surface area contributed by atoms with Crippen molar-refractivity contribution in [3.8, 4) is 5.75 Å². The zero-order chi connectivity index (χ0) is 20.4. The van der Waals surface area contributed by atoms with Gasteiger partial charge in [-0.05, 0) is 51.0 Å². The summed E-state index contributed by atoms with van der Waals surface area (Å²) in [4.78, 5) is 37.2. The van der Waals surface area contributed by atoms with Gasteiger partial charge in [-0.15, -0.1) is 0 Å². The highest BCUT2D eigenvalue weighted by atomic mass is 16.5. The van der Waals surface area contributed by atoms with Gasteiger partial charge in [-0.3, -0.25) is 9.59 Å². The van der Waals surface area contributed by atoms with Gasteiger partial charge in [0.1, 0.15) is 12.4 Å². The summed E-state index contributed by atoms with van der Waals surface area (Å²) in [6.45, 7) is 5.19. The number of ether oxygens (including phenoxy) is 3. The van der Waals surface area contributed by atoms with Gasteiger partial charge < -0.3 is 24.4 Å². The van der Waals surface area contributed by atoms with E-state index in [1.54, 1.807) is 38.1 Å². The van der Waals surface area contributed by atoms with E-state index < -0.39 is 18.5 Å². The van der Waals surface area contributed by atoms with E-state index in [2.05, 4.69) is 5.32 Å². The Labute approximate surface area is 165 Å². The maximum Gasteiger partial charge on any atom is 0.338 e. The van der Waals surface area contributed by atoms with Gasteiger partial charge in [-0.25, -0.2) is 4.79 Å². The van der Waals surface area contributed by atoms with Gasteiger partial charge in [0, 0.05) is 19.7 Å². The molecule has 154 valence electrons. The molecule has 1 saturated heterocycles. The lowest BCUT2D eigenvalue weighted by Gasteiger charge is -2.20. The van der Waals surface area contributed by atoms with E-state index in [-0.39, 0.29) is 18.6 Å². The molecule has 0 aliphatic carbocycles. The highest BCUT2D eigenvalue weighted by molar-refractivity contribution is 5.92. The van der Waals surface area contributed by atoms with Crippen molar-refractivity contribution in [3.05, 3.63) is 29.8 Å². The van der Waals surface area contributed by atoms with Crippen LogP contribution >= 0.6 is 0 Å². The summed E-state index contributed by atoms with van der Waals surface area (Å²) in [6, 6.07) is 6.54. The van der Waals surface area contributed by atoms with Crippen molar-refractivity contribution in [1.82, 2.24) is 10.2 Å². The third-order valence-electron chi connectivity index (χ3n) is 4.32. The molecule has 2 rings (SSSR count). The quantitative estimate of drug-likeness (QED) is 0.605. The zero-order valence-corrected chi connectivity index (χ0v) is 16.4. The predicted octanol–water partition coefficient (Wildman–Crippen LogP) is 1.39. The van der Waals surface area contributed by atoms with Gasteiger partial charge >= 0.3 is 5.97 Å². The van der Waals surface area contributed by atoms with Gasteiger partial charge in [0.2, 0.25) is 5.91 Å². The molecular weight excluding hydrogens is 364 g/mol. The first kappa shape index (κ1) is 21.7. The smallest absolute Gasteiger partial charge is 0.338 e. The fourth-order valence-corrected chi connectivity index (χ4v) is 2.76. The second-order valence-corrected chi connectivity index (χ2v) is 6.41. The van der Waals surface area contributed by atoms with Crippen molar-refractivity contribution >= 4 is 17.8 Å². The summed E-state index contributed by atoms with van der Waals surface area (Å²) < 4.78 is 16.2. The minimum absolute atomic E-state index is 0.0581. The Morgan fingerprint density at radius 1 is 1.21 bits per heavy atom. The van der Waals surface area contributed by atoms with Crippen LogP contribution in [0.5, 0.6) is 5.75 Å². The van der Waals surface area contributed by atoms with E-state index in [0.717, 1.165) is 19.4 Å². The number of hydrogen-bond acceptors (Lipinski definition) is 6. The Kier molecular flexibility index (Phi) is 8.74. The molecule has 1 aromatic rings. The number of carbonyl (C=O) groups excluding carboxylic acids is 3. The fraction of sp³-hybridized carbons (Fsp3) is 0.550. The van der Waals surface area contributed by atoms with Crippen molar-refractivity contribution in [3.63, 3.8) is 0 Å². The van der Waals surface area contributed by atoms with Crippen LogP contribution in [-0.4, -0.2) is 68.2 Å². The van der Waals surface area contributed by atoms with Crippen molar-refractivity contribution < 1.29 is 28.6 Å². The monoisotopic (exact) mass is 392 g/mol. The first-order chi connectivity index (χ1) is 13.5. The summed E-state index contributed by atoms with van der Waals surface area (Å²) in [5.41, 5.74) is 0.323. The van der Waals surface area contributed by atoms with Crippen LogP contribution in [0.2, 0.25) is 0 Å². The lowest BCUT2D eigenvalue weighted by molar-refractivity contribution is -0.138. The van der Waals surface area contributed by atoms with Crippen molar-refractivity contribution in [1.29, 1.82) is 0 Å². The van der Waals surface area contributed by atoms with Gasteiger partial charge in [0.25, 0.3) is 5.91 Å². The molecule has 0 radical (unpaired) electrons. The number of benzene rings is 1. The standard InChI is InChI=1S/C20H28N2O6/c1-3-21-18(23)12-22(4-2)19(24)14-28-20(25)15-7-9-16(10-8-15)27-13-17-6-5-11-26-17/h7-10,17H,3-6,11-14H2,1-2H3,(H,21,23)/t17-/m1/s1. The van der Waals surface area contributed by atoms with E-state index in [1.807, 2.05) is 0 Å². The largest absolute Gasteiger partial charge is 0.491 e. The average molecular weight is 392 g/mol. The molecule has 0 saturated carbocycles. The van der Waals surface area contributed by atoms with Crippen LogP contribution in [0, 0.1) is 0 Å². The molecule has 0 spiro atoms. The highest BCUT2D eigenvalue weighted by Gasteiger charge is 2.18. The molecule has 0 unspecified atom stereocenters. The number of nitrogens with zero attached hydrogens (tertiary/aromatic N) is 1. The van der Waals surface area contributed by atoms with Crippen LogP contribution < -0.4 is 10.1 Å². The molecule has 1 atom stereocenters. The SMILES string of the molecule is CCNC(=O)CN(CC)C(=O)COC(=O)c1ccc(OC[C@H]2CCCO2)cc1. The number of amides is 2. The summed E-state index contributed by atoms with van der Waals surface area (Å²) >= 11 is 0. The van der Waals surface area contributed by atoms with Crippen LogP contribution in [-0.2, 0) is 19.1 Å². The molecule has 28 heavy (non-hydrogen) atoms. The minimum Gasteiger partial charge on any atom is -0.491 e. The third-order valence-corrected chi connectivity index (χ3v) is 4.32. The topological polar surface area (TPSA) is 94.2 Å². The first-order valence-electron chi connectivity index (χ1n) is 9.59. The number of hydrogen-bond donors (Lipinski definition) is 1. The molecule has 0 bridgehead atoms. The van der Waals surface area contributed by atoms with E-state index in [4.69, 9.17) is 14.2 Å². The molecule has 1 fully saturated rings. The number of nitrogens with one attached hydrogen (secondary N) is 1. The Morgan fingerprint density at radius 2 is 1.96 bits per heavy atom. The van der Waals surface area contributed by atoms with Gasteiger partial charge in [0.15, 0.2) is 6.61 Å². The van der Waals surface area contributed by atoms with Gasteiger partial charge in [-0.2, -0.15) is 0 Å². The van der Waals surface area contributed by atoms with Gasteiger partial charge in [0.05, 0.1) is 18.2 Å². The lowest BCUT2D eigenvalue weighted by atomic mass is 10.2. The molecule has 1 heterocycles. The summed E-state index contributed by atoms with van der Waals surface area (Å²) in [7, 11) is 0. The molecule has 1 N–H and O–H groups in total. The van der Waals surface area contributed by atoms with Crippen molar-refractivity contribution in [2.45, 2.75) is 32.8 Å². The van der Waals surface area contributed by atoms with E-state index in [9.17, 15) is 14.4 Å². The molecule has 1 aliphatic heterocycles. The van der Waals surface area contributed by atoms with E-state index in [0.29, 0.717) is 31.0 Å². The van der Waals surface area contributed by atoms with Crippen LogP contribution in [0.1, 0.15) is 37.0 Å². The van der Waals surface area contributed by atoms with Crippen molar-refractivity contribution in [2.24, 2.45) is 0 Å². The molecule has 8 nitrogen and oxygen atoms in total. The second kappa shape index (κ2) is 11.3. The molecule has 0 aromatic heterocycles. The maximum atomic E-state index is 12.2. The zero-order valence-electron chi connectivity index (χ0n) is 16.4. The van der Waals surface area contributed by atoms with Crippen LogP contribution in [0.3, 0.4) is 0 Å². The third kappa shape index (κ3) is 6.84. The van der Waals surface area contributed by atoms with E-state index >= 15 is 0 Å². The summed E-state index contributed by atoms with van der Waals surface area (Å²) in [6.07, 6.45) is 2.17. The summed E-state index contributed by atoms with van der Waals surface area (Å²) in [5.74, 6) is -0.628. The second-order valence-electron chi connectivity index (χ2n) is 6.41. The Bertz CT molecular complexity index is 655. The molecule has 1 aromatic carbocycles. The van der Waals surface area contributed by atoms with Crippen molar-refractivity contribution in [2.75, 3.05) is 39.5 Å². The lowest BCUT2D eigenvalue weighted by Crippen LogP contribution is -2.42. The van der Waals surface area contributed by atoms with Gasteiger partial charge in [-0.1, -0.05) is 0 Å². The Hall–Kier alpha value is -2.61. The predicted molar refractivity (Wildman–Crippen MR) is 102 cm³/mol. The normalized spacial score (nSPS) is 15.7. The fourth-order valence-electron chi connectivity index (χ4n) is 2.76. The number of likely N-dealkylation sites (N-methyl/N-ethyl adjacent to an activating group) is 2. The van der Waals surface area contributed by atoms with Crippen LogP contribution in [0.15, 0.2) is 24.3 Å². The minimum atomic E-state index is -0.604. The molecule has 1 aliphatic rings. The Morgan fingerprint density at radius 3 is 2.57 bits per heavy atom. The number of esters is 1. The number of carbonyl (C=O) groups is 3. The van der Waals surface area contributed by atoms with Crippen LogP contribution in [0.4, 0.5) is 0 Å².